The van der Waals surface area contributed by atoms with Gasteiger partial charge in [-0.15, -0.1) is 0 Å². The zero-order valence-electron chi connectivity index (χ0n) is 18.2. The van der Waals surface area contributed by atoms with Crippen LogP contribution in [0.1, 0.15) is 38.5 Å². The highest BCUT2D eigenvalue weighted by atomic mass is 28.4. The lowest BCUT2D eigenvalue weighted by Gasteiger charge is -2.62. The molecule has 3 unspecified atom stereocenters. The van der Waals surface area contributed by atoms with Crippen LogP contribution in [-0.4, -0.2) is 39.4 Å². The molecule has 28 heavy (non-hydrogen) atoms. The summed E-state index contributed by atoms with van der Waals surface area (Å²) in [6, 6.07) is 0. The fourth-order valence-electron chi connectivity index (χ4n) is 6.12. The molecule has 4 aliphatic rings. The summed E-state index contributed by atoms with van der Waals surface area (Å²) in [5.41, 5.74) is 1.66. The fourth-order valence-corrected chi connectivity index (χ4v) is 9.15. The van der Waals surface area contributed by atoms with E-state index in [2.05, 4.69) is 39.3 Å². The van der Waals surface area contributed by atoms with Crippen molar-refractivity contribution in [2.45, 2.75) is 89.0 Å². The lowest BCUT2D eigenvalue weighted by Crippen LogP contribution is -2.68. The van der Waals surface area contributed by atoms with Crippen LogP contribution in [0.25, 0.3) is 0 Å². The summed E-state index contributed by atoms with van der Waals surface area (Å²) in [4.78, 5) is 24.5. The molecule has 0 radical (unpaired) electrons. The van der Waals surface area contributed by atoms with Gasteiger partial charge in [0.15, 0.2) is 28.2 Å². The third-order valence-electron chi connectivity index (χ3n) is 6.60. The molecule has 2 saturated carbocycles. The first kappa shape index (κ1) is 20.4. The largest absolute Gasteiger partial charge is 0.409 e. The monoisotopic (exact) mass is 418 g/mol. The number of carbonyl (C=O) groups excluding carboxylic acids is 2. The van der Waals surface area contributed by atoms with E-state index in [1.54, 1.807) is 0 Å². The van der Waals surface area contributed by atoms with Crippen molar-refractivity contribution >= 4 is 28.2 Å². The van der Waals surface area contributed by atoms with Crippen molar-refractivity contribution in [3.63, 3.8) is 0 Å². The molecule has 4 nitrogen and oxygen atoms in total. The van der Waals surface area contributed by atoms with Gasteiger partial charge in [-0.2, -0.15) is 0 Å². The lowest BCUT2D eigenvalue weighted by molar-refractivity contribution is -0.171. The zero-order chi connectivity index (χ0) is 20.5. The number of rotatable bonds is 4. The second kappa shape index (κ2) is 6.33. The SMILES string of the molecule is C[Si](C)(C)OC12CC3=CC(=O)CC3CC1(O[Si](C)(C)C)C[C@@H]1CC(=O)C=C1C2. The van der Waals surface area contributed by atoms with E-state index >= 15 is 0 Å². The van der Waals surface area contributed by atoms with E-state index in [1.807, 2.05) is 12.2 Å². The van der Waals surface area contributed by atoms with Crippen LogP contribution in [0.4, 0.5) is 0 Å². The van der Waals surface area contributed by atoms with Crippen molar-refractivity contribution in [2.24, 2.45) is 11.8 Å². The van der Waals surface area contributed by atoms with Crippen molar-refractivity contribution in [3.05, 3.63) is 23.3 Å². The molecule has 6 heteroatoms. The molecular formula is C22H34O4Si2. The molecule has 4 atom stereocenters. The second-order valence-electron chi connectivity index (χ2n) is 11.4. The average molecular weight is 419 g/mol. The maximum atomic E-state index is 12.2. The van der Waals surface area contributed by atoms with Crippen molar-refractivity contribution < 1.29 is 18.4 Å². The average Bonchev–Trinajstić information content (AvgIpc) is 2.97. The molecule has 2 fully saturated rings. The predicted octanol–water partition coefficient (Wildman–Crippen LogP) is 4.79. The molecule has 0 aromatic heterocycles. The summed E-state index contributed by atoms with van der Waals surface area (Å²) in [6.45, 7) is 13.5. The van der Waals surface area contributed by atoms with Gasteiger partial charge in [-0.05, 0) is 76.1 Å². The normalized spacial score (nSPS) is 37.9. The molecule has 0 aromatic rings. The van der Waals surface area contributed by atoms with Crippen LogP contribution in [0.5, 0.6) is 0 Å². The summed E-state index contributed by atoms with van der Waals surface area (Å²) < 4.78 is 14.1. The van der Waals surface area contributed by atoms with E-state index in [0.29, 0.717) is 12.8 Å². The topological polar surface area (TPSA) is 52.6 Å². The van der Waals surface area contributed by atoms with Gasteiger partial charge in [0.25, 0.3) is 0 Å². The Morgan fingerprint density at radius 1 is 0.750 bits per heavy atom. The minimum atomic E-state index is -1.90. The number of hydrogen-bond acceptors (Lipinski definition) is 4. The van der Waals surface area contributed by atoms with Crippen molar-refractivity contribution in [1.82, 2.24) is 0 Å². The highest BCUT2D eigenvalue weighted by Crippen LogP contribution is 2.61. The number of ketones is 2. The predicted molar refractivity (Wildman–Crippen MR) is 115 cm³/mol. The molecule has 0 N–H and O–H groups in total. The summed E-state index contributed by atoms with van der Waals surface area (Å²) in [7, 11) is -3.78. The molecule has 0 spiro atoms. The van der Waals surface area contributed by atoms with Crippen LogP contribution in [0, 0.1) is 11.8 Å². The number of hydrogen-bond donors (Lipinski definition) is 0. The van der Waals surface area contributed by atoms with Gasteiger partial charge in [-0.3, -0.25) is 9.59 Å². The molecule has 0 saturated heterocycles. The van der Waals surface area contributed by atoms with E-state index in [9.17, 15) is 9.59 Å². The standard InChI is InChI=1S/C22H34O4Si2/c1-27(2,3)25-21-11-15-7-19(23)9-17(15)13-22(21,26-28(4,5)6)14-18-10-20(24)8-16(18)12-21/h7-8,17-18H,9-14H2,1-6H3/t17-,18?,21?,22?/m0/s1. The summed E-state index contributed by atoms with van der Waals surface area (Å²) in [6.07, 6.45) is 8.24. The molecule has 4 aliphatic carbocycles. The third-order valence-corrected chi connectivity index (χ3v) is 8.61. The van der Waals surface area contributed by atoms with Gasteiger partial charge in [-0.25, -0.2) is 0 Å². The Labute approximate surface area is 171 Å². The van der Waals surface area contributed by atoms with E-state index in [1.165, 1.54) is 11.1 Å². The van der Waals surface area contributed by atoms with E-state index in [-0.39, 0.29) is 23.4 Å². The highest BCUT2D eigenvalue weighted by molar-refractivity contribution is 6.70. The fraction of sp³-hybridized carbons (Fsp3) is 0.727. The van der Waals surface area contributed by atoms with E-state index < -0.39 is 27.8 Å². The highest BCUT2D eigenvalue weighted by Gasteiger charge is 2.64. The van der Waals surface area contributed by atoms with Crippen LogP contribution in [0.15, 0.2) is 23.3 Å². The first-order valence-electron chi connectivity index (χ1n) is 10.7. The molecule has 4 rings (SSSR count). The van der Waals surface area contributed by atoms with Crippen LogP contribution >= 0.6 is 0 Å². The van der Waals surface area contributed by atoms with Crippen LogP contribution < -0.4 is 0 Å². The van der Waals surface area contributed by atoms with Gasteiger partial charge in [0.05, 0.1) is 11.2 Å². The maximum absolute atomic E-state index is 12.2. The van der Waals surface area contributed by atoms with Crippen molar-refractivity contribution in [2.75, 3.05) is 0 Å². The summed E-state index contributed by atoms with van der Waals surface area (Å²) in [5, 5.41) is 0. The molecular weight excluding hydrogens is 384 g/mol. The van der Waals surface area contributed by atoms with Gasteiger partial charge in [0.1, 0.15) is 0 Å². The lowest BCUT2D eigenvalue weighted by atomic mass is 9.57. The Balaban J connectivity index is 1.85. The van der Waals surface area contributed by atoms with Crippen molar-refractivity contribution in [1.29, 1.82) is 0 Å². The minimum absolute atomic E-state index is 0.250. The molecule has 0 amide bonds. The first-order valence-corrected chi connectivity index (χ1v) is 17.5. The minimum Gasteiger partial charge on any atom is -0.409 e. The third kappa shape index (κ3) is 3.57. The van der Waals surface area contributed by atoms with Crippen LogP contribution in [0.3, 0.4) is 0 Å². The molecule has 0 aliphatic heterocycles. The Hall–Kier alpha value is -0.826. The van der Waals surface area contributed by atoms with E-state index in [4.69, 9.17) is 8.85 Å². The molecule has 154 valence electrons. The number of allylic oxidation sites excluding steroid dienone is 2. The molecule has 0 bridgehead atoms. The van der Waals surface area contributed by atoms with Crippen molar-refractivity contribution in [3.8, 4) is 0 Å². The summed E-state index contributed by atoms with van der Waals surface area (Å²) >= 11 is 0. The molecule has 0 heterocycles. The van der Waals surface area contributed by atoms with Gasteiger partial charge >= 0.3 is 0 Å². The van der Waals surface area contributed by atoms with Crippen LogP contribution in [-0.2, 0) is 18.4 Å². The van der Waals surface area contributed by atoms with Gasteiger partial charge < -0.3 is 8.85 Å². The Morgan fingerprint density at radius 3 is 1.54 bits per heavy atom. The first-order chi connectivity index (χ1) is 12.8. The maximum Gasteiger partial charge on any atom is 0.184 e. The Kier molecular flexibility index (Phi) is 4.63. The number of fused-ring (bicyclic) bond motifs is 3. The van der Waals surface area contributed by atoms with Gasteiger partial charge in [0, 0.05) is 25.7 Å². The van der Waals surface area contributed by atoms with Crippen LogP contribution in [0.2, 0.25) is 39.3 Å². The van der Waals surface area contributed by atoms with Gasteiger partial charge in [-0.1, -0.05) is 11.1 Å². The second-order valence-corrected chi connectivity index (χ2v) is 20.2. The quantitative estimate of drug-likeness (QED) is 0.616. The Bertz CT molecular complexity index is 737. The Morgan fingerprint density at radius 2 is 1.14 bits per heavy atom. The summed E-state index contributed by atoms with van der Waals surface area (Å²) in [5.74, 6) is 1.06. The zero-order valence-corrected chi connectivity index (χ0v) is 20.2. The smallest absolute Gasteiger partial charge is 0.184 e. The van der Waals surface area contributed by atoms with Gasteiger partial charge in [0.2, 0.25) is 0 Å². The number of carbonyl (C=O) groups is 2. The van der Waals surface area contributed by atoms with E-state index in [0.717, 1.165) is 25.7 Å². The molecule has 0 aromatic carbocycles.